The van der Waals surface area contributed by atoms with Crippen LogP contribution in [0.2, 0.25) is 0 Å². The number of carboxylic acids is 1. The Balaban J connectivity index is 2.14. The fourth-order valence-electron chi connectivity index (χ4n) is 4.40. The van der Waals surface area contributed by atoms with Gasteiger partial charge in [0, 0.05) is 16.3 Å². The minimum Gasteiger partial charge on any atom is -0.506 e. The van der Waals surface area contributed by atoms with Gasteiger partial charge in [-0.15, -0.1) is 0 Å². The molecule has 1 unspecified atom stereocenters. The van der Waals surface area contributed by atoms with Gasteiger partial charge in [0.2, 0.25) is 0 Å². The highest BCUT2D eigenvalue weighted by Crippen LogP contribution is 2.54. The average molecular weight is 410 g/mol. The number of carbonyl (C=O) groups excluding carboxylic acids is 1. The van der Waals surface area contributed by atoms with Gasteiger partial charge in [0.25, 0.3) is 0 Å². The number of rotatable bonds is 4. The van der Waals surface area contributed by atoms with Crippen LogP contribution in [0.15, 0.2) is 28.9 Å². The third-order valence-electron chi connectivity index (χ3n) is 6.00. The van der Waals surface area contributed by atoms with Crippen molar-refractivity contribution in [3.8, 4) is 23.0 Å². The molecule has 1 saturated carbocycles. The standard InChI is InChI=1S/C23H22O7/c1-11(10-24)12-5-6-23(2)16(12)7-14-19-13(8-18(29-4)21(14)30-23)20(25)15(22(26)27)9-17(19)28-3/h7-10,25H,5-6H2,1-4H3,(H,26,27). The molecule has 0 radical (unpaired) electrons. The van der Waals surface area contributed by atoms with Crippen molar-refractivity contribution in [2.45, 2.75) is 32.3 Å². The Labute approximate surface area is 173 Å². The number of hydrogen-bond donors (Lipinski definition) is 2. The number of benzene rings is 2. The highest BCUT2D eigenvalue weighted by Gasteiger charge is 2.44. The van der Waals surface area contributed by atoms with Gasteiger partial charge in [-0.25, -0.2) is 4.79 Å². The van der Waals surface area contributed by atoms with E-state index in [2.05, 4.69) is 0 Å². The molecule has 4 rings (SSSR count). The number of aromatic hydroxyl groups is 1. The second-order valence-electron chi connectivity index (χ2n) is 7.69. The maximum absolute atomic E-state index is 11.6. The van der Waals surface area contributed by atoms with Gasteiger partial charge in [-0.1, -0.05) is 0 Å². The maximum Gasteiger partial charge on any atom is 0.339 e. The van der Waals surface area contributed by atoms with Gasteiger partial charge in [-0.3, -0.25) is 4.79 Å². The van der Waals surface area contributed by atoms with Crippen LogP contribution in [0.5, 0.6) is 23.0 Å². The lowest BCUT2D eigenvalue weighted by Gasteiger charge is -2.34. The van der Waals surface area contributed by atoms with Crippen LogP contribution in [0.4, 0.5) is 0 Å². The van der Waals surface area contributed by atoms with E-state index in [1.165, 1.54) is 20.3 Å². The summed E-state index contributed by atoms with van der Waals surface area (Å²) in [5.41, 5.74) is 2.18. The summed E-state index contributed by atoms with van der Waals surface area (Å²) in [5.74, 6) is -0.495. The van der Waals surface area contributed by atoms with E-state index in [-0.39, 0.29) is 16.7 Å². The first-order valence-electron chi connectivity index (χ1n) is 9.50. The number of aldehydes is 1. The van der Waals surface area contributed by atoms with E-state index in [9.17, 15) is 19.8 Å². The van der Waals surface area contributed by atoms with E-state index < -0.39 is 11.6 Å². The predicted octanol–water partition coefficient (Wildman–Crippen LogP) is 4.10. The lowest BCUT2D eigenvalue weighted by atomic mass is 9.88. The molecule has 0 spiro atoms. The monoisotopic (exact) mass is 410 g/mol. The molecule has 1 aliphatic heterocycles. The third-order valence-corrected chi connectivity index (χ3v) is 6.00. The normalized spacial score (nSPS) is 21.3. The first kappa shape index (κ1) is 19.8. The van der Waals surface area contributed by atoms with E-state index in [0.717, 1.165) is 17.4 Å². The molecule has 2 aliphatic rings. The van der Waals surface area contributed by atoms with Crippen molar-refractivity contribution in [1.29, 1.82) is 0 Å². The van der Waals surface area contributed by atoms with Crippen LogP contribution in [-0.4, -0.2) is 42.3 Å². The number of fused-ring (bicyclic) bond motifs is 4. The third kappa shape index (κ3) is 2.65. The summed E-state index contributed by atoms with van der Waals surface area (Å²) in [7, 11) is 2.92. The number of ether oxygens (including phenoxy) is 3. The molecule has 30 heavy (non-hydrogen) atoms. The summed E-state index contributed by atoms with van der Waals surface area (Å²) in [5, 5.41) is 20.9. The zero-order valence-corrected chi connectivity index (χ0v) is 17.2. The van der Waals surface area contributed by atoms with Crippen molar-refractivity contribution in [1.82, 2.24) is 0 Å². The fraction of sp³-hybridized carbons (Fsp3) is 0.304. The largest absolute Gasteiger partial charge is 0.506 e. The number of aromatic carboxylic acids is 1. The number of methoxy groups -OCH3 is 2. The van der Waals surface area contributed by atoms with Gasteiger partial charge in [0.15, 0.2) is 11.5 Å². The predicted molar refractivity (Wildman–Crippen MR) is 111 cm³/mol. The molecule has 1 heterocycles. The lowest BCUT2D eigenvalue weighted by Crippen LogP contribution is -2.33. The van der Waals surface area contributed by atoms with E-state index in [0.29, 0.717) is 46.6 Å². The molecule has 2 N–H and O–H groups in total. The molecule has 156 valence electrons. The van der Waals surface area contributed by atoms with Crippen molar-refractivity contribution in [3.05, 3.63) is 40.0 Å². The summed E-state index contributed by atoms with van der Waals surface area (Å²) in [4.78, 5) is 23.0. The van der Waals surface area contributed by atoms with Crippen LogP contribution >= 0.6 is 0 Å². The smallest absolute Gasteiger partial charge is 0.339 e. The van der Waals surface area contributed by atoms with Gasteiger partial charge >= 0.3 is 5.97 Å². The van der Waals surface area contributed by atoms with E-state index in [1.807, 2.05) is 13.0 Å². The summed E-state index contributed by atoms with van der Waals surface area (Å²) >= 11 is 0. The molecule has 7 heteroatoms. The number of allylic oxidation sites excluding steroid dienone is 1. The quantitative estimate of drug-likeness (QED) is 0.578. The van der Waals surface area contributed by atoms with Crippen LogP contribution in [0.25, 0.3) is 16.8 Å². The molecule has 2 aromatic carbocycles. The molecule has 7 nitrogen and oxygen atoms in total. The van der Waals surface area contributed by atoms with Gasteiger partial charge in [0.05, 0.1) is 14.2 Å². The SMILES string of the molecule is COc1cc2c(O)c(C(=O)O)cc(OC)c2c2c1OC1(C)CCC(=C(C)C=O)C1=C2. The Morgan fingerprint density at radius 3 is 2.53 bits per heavy atom. The maximum atomic E-state index is 11.6. The topological polar surface area (TPSA) is 102 Å². The molecule has 0 saturated heterocycles. The molecule has 1 aliphatic carbocycles. The molecular formula is C23H22O7. The number of hydrogen-bond acceptors (Lipinski definition) is 6. The van der Waals surface area contributed by atoms with Gasteiger partial charge < -0.3 is 24.4 Å². The lowest BCUT2D eigenvalue weighted by molar-refractivity contribution is -0.104. The van der Waals surface area contributed by atoms with Crippen molar-refractivity contribution >= 4 is 29.1 Å². The molecular weight excluding hydrogens is 388 g/mol. The van der Waals surface area contributed by atoms with Crippen LogP contribution in [0.3, 0.4) is 0 Å². The van der Waals surface area contributed by atoms with Crippen LogP contribution < -0.4 is 14.2 Å². The Morgan fingerprint density at radius 2 is 1.93 bits per heavy atom. The van der Waals surface area contributed by atoms with Crippen molar-refractivity contribution in [2.75, 3.05) is 14.2 Å². The first-order chi connectivity index (χ1) is 14.3. The molecule has 1 atom stereocenters. The summed E-state index contributed by atoms with van der Waals surface area (Å²) in [6.45, 7) is 3.75. The van der Waals surface area contributed by atoms with Crippen LogP contribution in [-0.2, 0) is 4.79 Å². The number of carbonyl (C=O) groups is 2. The summed E-state index contributed by atoms with van der Waals surface area (Å²) < 4.78 is 17.4. The van der Waals surface area contributed by atoms with Gasteiger partial charge in [0.1, 0.15) is 28.9 Å². The minimum atomic E-state index is -1.27. The fourth-order valence-corrected chi connectivity index (χ4v) is 4.40. The highest BCUT2D eigenvalue weighted by molar-refractivity contribution is 6.08. The Hall–Kier alpha value is -3.48. The van der Waals surface area contributed by atoms with E-state index >= 15 is 0 Å². The second kappa shape index (κ2) is 6.79. The molecule has 1 fully saturated rings. The van der Waals surface area contributed by atoms with E-state index in [1.54, 1.807) is 13.0 Å². The molecule has 0 amide bonds. The van der Waals surface area contributed by atoms with Crippen molar-refractivity contribution in [2.24, 2.45) is 0 Å². The Bertz CT molecular complexity index is 1170. The zero-order valence-electron chi connectivity index (χ0n) is 17.2. The Kier molecular flexibility index (Phi) is 4.49. The molecule has 0 bridgehead atoms. The van der Waals surface area contributed by atoms with Crippen molar-refractivity contribution < 1.29 is 34.0 Å². The molecule has 0 aromatic heterocycles. The van der Waals surface area contributed by atoms with Crippen LogP contribution in [0, 0.1) is 0 Å². The first-order valence-corrected chi connectivity index (χ1v) is 9.50. The second-order valence-corrected chi connectivity index (χ2v) is 7.69. The highest BCUT2D eigenvalue weighted by atomic mass is 16.5. The van der Waals surface area contributed by atoms with Crippen molar-refractivity contribution in [3.63, 3.8) is 0 Å². The zero-order chi connectivity index (χ0) is 21.8. The van der Waals surface area contributed by atoms with E-state index in [4.69, 9.17) is 14.2 Å². The number of carboxylic acid groups (broad SMARTS) is 1. The average Bonchev–Trinajstić information content (AvgIpc) is 3.07. The Morgan fingerprint density at radius 1 is 1.23 bits per heavy atom. The molecule has 2 aromatic rings. The van der Waals surface area contributed by atoms with Gasteiger partial charge in [-0.05, 0) is 61.6 Å². The summed E-state index contributed by atoms with van der Waals surface area (Å²) in [6, 6.07) is 2.85. The van der Waals surface area contributed by atoms with Crippen LogP contribution in [0.1, 0.15) is 42.6 Å². The van der Waals surface area contributed by atoms with Gasteiger partial charge in [-0.2, -0.15) is 0 Å². The minimum absolute atomic E-state index is 0.270. The number of phenols is 1. The summed E-state index contributed by atoms with van der Waals surface area (Å²) in [6.07, 6.45) is 4.18.